The number of hydrogen-bond donors (Lipinski definition) is 1. The van der Waals surface area contributed by atoms with Crippen LogP contribution in [0.25, 0.3) is 33.5 Å². The smallest absolute Gasteiger partial charge is 0.296 e. The molecule has 8 heteroatoms. The van der Waals surface area contributed by atoms with Crippen molar-refractivity contribution < 1.29 is 18.6 Å². The lowest BCUT2D eigenvalue weighted by Gasteiger charge is -2.15. The van der Waals surface area contributed by atoms with Crippen molar-refractivity contribution in [3.63, 3.8) is 0 Å². The van der Waals surface area contributed by atoms with Crippen molar-refractivity contribution in [3.8, 4) is 28.4 Å². The van der Waals surface area contributed by atoms with Crippen molar-refractivity contribution in [2.24, 2.45) is 0 Å². The number of H-pyrrole nitrogens is 1. The molecule has 32 heavy (non-hydrogen) atoms. The fourth-order valence-corrected chi connectivity index (χ4v) is 4.60. The third-order valence-corrected chi connectivity index (χ3v) is 6.20. The van der Waals surface area contributed by atoms with Crippen molar-refractivity contribution in [1.82, 2.24) is 15.0 Å². The summed E-state index contributed by atoms with van der Waals surface area (Å²) in [6.45, 7) is 1.13. The van der Waals surface area contributed by atoms with Gasteiger partial charge in [-0.15, -0.1) is 0 Å². The van der Waals surface area contributed by atoms with Crippen molar-refractivity contribution in [2.45, 2.75) is 24.7 Å². The molecule has 3 atom stereocenters. The van der Waals surface area contributed by atoms with Gasteiger partial charge in [-0.2, -0.15) is 4.98 Å². The summed E-state index contributed by atoms with van der Waals surface area (Å²) in [6, 6.07) is 16.4. The summed E-state index contributed by atoms with van der Waals surface area (Å²) in [5.41, 5.74) is 3.44. The Morgan fingerprint density at radius 1 is 1.03 bits per heavy atom. The van der Waals surface area contributed by atoms with Crippen LogP contribution < -0.4 is 4.74 Å². The number of rotatable bonds is 4. The zero-order valence-corrected chi connectivity index (χ0v) is 17.7. The molecule has 0 aliphatic carbocycles. The molecule has 2 aromatic heterocycles. The van der Waals surface area contributed by atoms with Crippen molar-refractivity contribution in [1.29, 1.82) is 0 Å². The Kier molecular flexibility index (Phi) is 4.82. The number of fused-ring (bicyclic) bond motifs is 2. The van der Waals surface area contributed by atoms with Crippen molar-refractivity contribution >= 4 is 22.8 Å². The molecular formula is C24H19ClFN3O3. The average Bonchev–Trinajstić information content (AvgIpc) is 3.51. The van der Waals surface area contributed by atoms with E-state index in [4.69, 9.17) is 25.8 Å². The molecule has 0 spiro atoms. The number of pyridine rings is 1. The lowest BCUT2D eigenvalue weighted by atomic mass is 10.0. The highest BCUT2D eigenvalue weighted by Crippen LogP contribution is 2.33. The summed E-state index contributed by atoms with van der Waals surface area (Å²) >= 11 is 6.49. The second-order valence-corrected chi connectivity index (χ2v) is 8.35. The molecule has 0 bridgehead atoms. The van der Waals surface area contributed by atoms with Gasteiger partial charge in [0.25, 0.3) is 6.01 Å². The van der Waals surface area contributed by atoms with Gasteiger partial charge in [-0.05, 0) is 24.1 Å². The van der Waals surface area contributed by atoms with E-state index >= 15 is 0 Å². The Bertz CT molecular complexity index is 1300. The molecule has 4 aromatic rings. The number of aromatic nitrogens is 3. The molecule has 2 aliphatic heterocycles. The standard InChI is InChI=1S/C24H19ClFN3O3/c25-16-11-18-23(29-24(27-18)32-20-12-31-19-8-9-30-22(19)20)28-21(16)14-6-7-15(17(26)10-14)13-4-2-1-3-5-13/h1-7,10-11,19-20,22H,8-9,12H2,(H,27,28,29)/t19-,20?,22+/m1/s1. The largest absolute Gasteiger partial charge is 0.456 e. The molecule has 4 heterocycles. The van der Waals surface area contributed by atoms with Gasteiger partial charge < -0.3 is 19.2 Å². The van der Waals surface area contributed by atoms with Gasteiger partial charge in [0.2, 0.25) is 0 Å². The first kappa shape index (κ1) is 19.7. The third-order valence-electron chi connectivity index (χ3n) is 5.92. The highest BCUT2D eigenvalue weighted by Gasteiger charge is 2.43. The van der Waals surface area contributed by atoms with Gasteiger partial charge in [0.05, 0.1) is 28.9 Å². The Hall–Kier alpha value is -3.00. The van der Waals surface area contributed by atoms with Gasteiger partial charge in [-0.25, -0.2) is 9.37 Å². The molecule has 1 unspecified atom stereocenters. The van der Waals surface area contributed by atoms with Crippen LogP contribution in [0.5, 0.6) is 6.01 Å². The Morgan fingerprint density at radius 2 is 1.91 bits per heavy atom. The van der Waals surface area contributed by atoms with Crippen LogP contribution >= 0.6 is 11.6 Å². The normalized spacial score (nSPS) is 22.4. The summed E-state index contributed by atoms with van der Waals surface area (Å²) in [5.74, 6) is -0.343. The van der Waals surface area contributed by atoms with Crippen LogP contribution in [0.4, 0.5) is 4.39 Å². The van der Waals surface area contributed by atoms with Gasteiger partial charge in [-0.1, -0.05) is 54.1 Å². The van der Waals surface area contributed by atoms with E-state index < -0.39 is 0 Å². The number of ether oxygens (including phenoxy) is 3. The van der Waals surface area contributed by atoms with Crippen LogP contribution in [0, 0.1) is 5.82 Å². The first-order valence-electron chi connectivity index (χ1n) is 10.5. The van der Waals surface area contributed by atoms with Crippen molar-refractivity contribution in [2.75, 3.05) is 13.2 Å². The fourth-order valence-electron chi connectivity index (χ4n) is 4.34. The van der Waals surface area contributed by atoms with Crippen molar-refractivity contribution in [3.05, 3.63) is 65.4 Å². The summed E-state index contributed by atoms with van der Waals surface area (Å²) in [5, 5.41) is 0.392. The molecule has 6 nitrogen and oxygen atoms in total. The van der Waals surface area contributed by atoms with E-state index in [-0.39, 0.29) is 24.1 Å². The third kappa shape index (κ3) is 3.43. The monoisotopic (exact) mass is 451 g/mol. The topological polar surface area (TPSA) is 69.3 Å². The number of nitrogens with zero attached hydrogens (tertiary/aromatic N) is 2. The van der Waals surface area contributed by atoms with E-state index in [1.807, 2.05) is 36.4 Å². The lowest BCUT2D eigenvalue weighted by molar-refractivity contribution is 0.0273. The maximum Gasteiger partial charge on any atom is 0.296 e. The maximum atomic E-state index is 14.9. The summed E-state index contributed by atoms with van der Waals surface area (Å²) in [6.07, 6.45) is 0.654. The first-order valence-corrected chi connectivity index (χ1v) is 10.8. The highest BCUT2D eigenvalue weighted by atomic mass is 35.5. The molecule has 2 aliphatic rings. The van der Waals surface area contributed by atoms with Crippen LogP contribution in [0.2, 0.25) is 5.02 Å². The molecule has 162 valence electrons. The van der Waals surface area contributed by atoms with E-state index in [2.05, 4.69) is 15.0 Å². The Balaban J connectivity index is 1.30. The van der Waals surface area contributed by atoms with E-state index in [1.54, 1.807) is 12.1 Å². The molecule has 0 saturated carbocycles. The molecule has 6 rings (SSSR count). The van der Waals surface area contributed by atoms with Crippen LogP contribution in [0.3, 0.4) is 0 Å². The number of imidazole rings is 1. The number of benzene rings is 2. The number of hydrogen-bond acceptors (Lipinski definition) is 5. The highest BCUT2D eigenvalue weighted by molar-refractivity contribution is 6.33. The minimum Gasteiger partial charge on any atom is -0.456 e. The molecule has 0 amide bonds. The minimum absolute atomic E-state index is 0.0808. The van der Waals surface area contributed by atoms with Crippen LogP contribution in [-0.4, -0.2) is 46.5 Å². The van der Waals surface area contributed by atoms with E-state index in [0.29, 0.717) is 52.2 Å². The van der Waals surface area contributed by atoms with Gasteiger partial charge >= 0.3 is 0 Å². The molecule has 2 aromatic carbocycles. The van der Waals surface area contributed by atoms with Gasteiger partial charge in [0.1, 0.15) is 11.9 Å². The second kappa shape index (κ2) is 7.85. The number of aromatic amines is 1. The second-order valence-electron chi connectivity index (χ2n) is 7.94. The van der Waals surface area contributed by atoms with Gasteiger partial charge in [0, 0.05) is 17.7 Å². The molecule has 0 radical (unpaired) electrons. The van der Waals surface area contributed by atoms with E-state index in [9.17, 15) is 4.39 Å². The zero-order valence-electron chi connectivity index (χ0n) is 16.9. The predicted molar refractivity (Wildman–Crippen MR) is 118 cm³/mol. The van der Waals surface area contributed by atoms with Gasteiger partial charge in [0.15, 0.2) is 11.8 Å². The van der Waals surface area contributed by atoms with Crippen LogP contribution in [-0.2, 0) is 9.47 Å². The molecular weight excluding hydrogens is 433 g/mol. The first-order chi connectivity index (χ1) is 15.7. The van der Waals surface area contributed by atoms with E-state index in [0.717, 1.165) is 12.0 Å². The quantitative estimate of drug-likeness (QED) is 0.472. The average molecular weight is 452 g/mol. The van der Waals surface area contributed by atoms with Crippen LogP contribution in [0.15, 0.2) is 54.6 Å². The predicted octanol–water partition coefficient (Wildman–Crippen LogP) is 5.02. The molecule has 1 N–H and O–H groups in total. The Morgan fingerprint density at radius 3 is 2.75 bits per heavy atom. The Labute approximate surface area is 188 Å². The maximum absolute atomic E-state index is 14.9. The van der Waals surface area contributed by atoms with E-state index in [1.165, 1.54) is 6.07 Å². The summed E-state index contributed by atoms with van der Waals surface area (Å²) < 4.78 is 32.3. The SMILES string of the molecule is Fc1cc(-c2nc3nc(OC4CO[C@@H]5CCO[C@H]45)[nH]c3cc2Cl)ccc1-c1ccccc1. The number of halogens is 2. The van der Waals surface area contributed by atoms with Gasteiger partial charge in [-0.3, -0.25) is 0 Å². The molecule has 2 fully saturated rings. The summed E-state index contributed by atoms with van der Waals surface area (Å²) in [7, 11) is 0. The molecule has 2 saturated heterocycles. The fraction of sp³-hybridized carbons (Fsp3) is 0.250. The summed E-state index contributed by atoms with van der Waals surface area (Å²) in [4.78, 5) is 12.1. The zero-order chi connectivity index (χ0) is 21.7. The lowest BCUT2D eigenvalue weighted by Crippen LogP contribution is -2.32. The minimum atomic E-state index is -0.343. The van der Waals surface area contributed by atoms with Crippen LogP contribution in [0.1, 0.15) is 6.42 Å². The number of nitrogens with one attached hydrogen (secondary N) is 1.